The van der Waals surface area contributed by atoms with E-state index in [1.54, 1.807) is 23.5 Å². The summed E-state index contributed by atoms with van der Waals surface area (Å²) in [7, 11) is 0. The van der Waals surface area contributed by atoms with E-state index in [1.807, 2.05) is 31.2 Å². The number of benzene rings is 1. The third kappa shape index (κ3) is 2.71. The first kappa shape index (κ1) is 15.6. The summed E-state index contributed by atoms with van der Waals surface area (Å²) in [6.07, 6.45) is 3.22. The average Bonchev–Trinajstić information content (AvgIpc) is 2.84. The number of aryl methyl sites for hydroxylation is 1. The predicted molar refractivity (Wildman–Crippen MR) is 97.2 cm³/mol. The Morgan fingerprint density at radius 3 is 2.78 bits per heavy atom. The third-order valence-corrected chi connectivity index (χ3v) is 5.20. The Hall–Kier alpha value is -2.31. The summed E-state index contributed by atoms with van der Waals surface area (Å²) in [5, 5.41) is 3.80. The number of hydrogen-bond acceptors (Lipinski definition) is 4. The molecule has 1 aliphatic heterocycles. The Morgan fingerprint density at radius 1 is 1.35 bits per heavy atom. The smallest absolute Gasteiger partial charge is 0.265 e. The number of hydrogen-bond donors (Lipinski definition) is 1. The summed E-state index contributed by atoms with van der Waals surface area (Å²) in [5.41, 5.74) is 1.15. The van der Waals surface area contributed by atoms with Gasteiger partial charge in [-0.05, 0) is 42.2 Å². The molecule has 2 amide bonds. The van der Waals surface area contributed by atoms with Gasteiger partial charge in [0.15, 0.2) is 5.11 Å². The summed E-state index contributed by atoms with van der Waals surface area (Å²) in [5.74, 6) is -0.854. The minimum atomic E-state index is -0.461. The van der Waals surface area contributed by atoms with Crippen molar-refractivity contribution in [3.05, 3.63) is 52.9 Å². The van der Waals surface area contributed by atoms with Crippen LogP contribution in [-0.4, -0.2) is 28.4 Å². The van der Waals surface area contributed by atoms with Crippen LogP contribution < -0.4 is 5.32 Å². The number of fused-ring (bicyclic) bond motifs is 1. The topological polar surface area (TPSA) is 49.4 Å². The van der Waals surface area contributed by atoms with E-state index >= 15 is 0 Å². The number of nitrogens with zero attached hydrogens (tertiary/aromatic N) is 1. The van der Waals surface area contributed by atoms with Crippen molar-refractivity contribution >= 4 is 56.6 Å². The molecule has 0 unspecified atom stereocenters. The number of amides is 2. The molecular weight excluding hydrogens is 328 g/mol. The standard InChI is InChI=1S/C17H14N2O2S2/c1-3-8-19-16(21)12(15(20)18-17(19)22)9-14-10(2)11-6-4-5-7-13(11)23-14/h3-7,9H,1,8H2,2H3,(H,18,20,22). The number of thiophene rings is 1. The average molecular weight is 342 g/mol. The van der Waals surface area contributed by atoms with Gasteiger partial charge in [0, 0.05) is 16.1 Å². The third-order valence-electron chi connectivity index (χ3n) is 3.65. The summed E-state index contributed by atoms with van der Waals surface area (Å²) in [6, 6.07) is 8.00. The molecular formula is C17H14N2O2S2. The molecule has 3 rings (SSSR count). The Bertz CT molecular complexity index is 880. The first-order valence-electron chi connectivity index (χ1n) is 7.01. The molecule has 1 fully saturated rings. The van der Waals surface area contributed by atoms with Crippen molar-refractivity contribution in [2.24, 2.45) is 0 Å². The van der Waals surface area contributed by atoms with Crippen LogP contribution in [0.5, 0.6) is 0 Å². The van der Waals surface area contributed by atoms with Crippen LogP contribution in [0.4, 0.5) is 0 Å². The largest absolute Gasteiger partial charge is 0.298 e. The van der Waals surface area contributed by atoms with E-state index < -0.39 is 11.8 Å². The molecule has 0 atom stereocenters. The van der Waals surface area contributed by atoms with Crippen LogP contribution in [0, 0.1) is 6.92 Å². The second kappa shape index (κ2) is 6.06. The van der Waals surface area contributed by atoms with Crippen LogP contribution >= 0.6 is 23.6 Å². The van der Waals surface area contributed by atoms with Gasteiger partial charge >= 0.3 is 0 Å². The first-order chi connectivity index (χ1) is 11.0. The van der Waals surface area contributed by atoms with Gasteiger partial charge in [0.25, 0.3) is 11.8 Å². The Kier molecular flexibility index (Phi) is 4.11. The van der Waals surface area contributed by atoms with Crippen LogP contribution in [0.15, 0.2) is 42.5 Å². The van der Waals surface area contributed by atoms with Crippen LogP contribution in [-0.2, 0) is 9.59 Å². The SMILES string of the molecule is C=CCN1C(=O)C(=Cc2sc3ccccc3c2C)C(=O)NC1=S. The van der Waals surface area contributed by atoms with Crippen LogP contribution in [0.3, 0.4) is 0 Å². The second-order valence-electron chi connectivity index (χ2n) is 5.11. The molecule has 2 heterocycles. The predicted octanol–water partition coefficient (Wildman–Crippen LogP) is 3.02. The van der Waals surface area contributed by atoms with Crippen molar-refractivity contribution in [2.45, 2.75) is 6.92 Å². The minimum Gasteiger partial charge on any atom is -0.298 e. The first-order valence-corrected chi connectivity index (χ1v) is 8.23. The van der Waals surface area contributed by atoms with Gasteiger partial charge in [-0.25, -0.2) is 0 Å². The summed E-state index contributed by atoms with van der Waals surface area (Å²) in [4.78, 5) is 26.9. The second-order valence-corrected chi connectivity index (χ2v) is 6.58. The maximum atomic E-state index is 12.5. The fourth-order valence-corrected chi connectivity index (χ4v) is 3.86. The molecule has 1 aliphatic rings. The van der Waals surface area contributed by atoms with E-state index in [2.05, 4.69) is 11.9 Å². The number of rotatable bonds is 3. The Balaban J connectivity index is 2.07. The zero-order chi connectivity index (χ0) is 16.6. The molecule has 6 heteroatoms. The van der Waals surface area contributed by atoms with E-state index in [-0.39, 0.29) is 17.2 Å². The maximum absolute atomic E-state index is 12.5. The van der Waals surface area contributed by atoms with Crippen molar-refractivity contribution in [1.82, 2.24) is 10.2 Å². The molecule has 23 heavy (non-hydrogen) atoms. The highest BCUT2D eigenvalue weighted by Gasteiger charge is 2.32. The maximum Gasteiger partial charge on any atom is 0.265 e. The van der Waals surface area contributed by atoms with Crippen LogP contribution in [0.2, 0.25) is 0 Å². The molecule has 0 aliphatic carbocycles. The number of carbonyl (C=O) groups excluding carboxylic acids is 2. The molecule has 0 radical (unpaired) electrons. The minimum absolute atomic E-state index is 0.0927. The molecule has 1 aromatic carbocycles. The van der Waals surface area contributed by atoms with Crippen molar-refractivity contribution in [1.29, 1.82) is 0 Å². The Labute approximate surface area is 143 Å². The van der Waals surface area contributed by atoms with E-state index in [0.29, 0.717) is 0 Å². The van der Waals surface area contributed by atoms with Gasteiger partial charge in [-0.1, -0.05) is 24.3 Å². The Morgan fingerprint density at radius 2 is 2.09 bits per heavy atom. The van der Waals surface area contributed by atoms with Crippen molar-refractivity contribution < 1.29 is 9.59 Å². The highest BCUT2D eigenvalue weighted by molar-refractivity contribution is 7.80. The normalized spacial score (nSPS) is 17.0. The lowest BCUT2D eigenvalue weighted by atomic mass is 10.1. The van der Waals surface area contributed by atoms with Gasteiger partial charge < -0.3 is 0 Å². The fourth-order valence-electron chi connectivity index (χ4n) is 2.45. The van der Waals surface area contributed by atoms with E-state index in [0.717, 1.165) is 20.5 Å². The van der Waals surface area contributed by atoms with Gasteiger partial charge in [0.2, 0.25) is 0 Å². The molecule has 0 saturated carbocycles. The lowest BCUT2D eigenvalue weighted by Crippen LogP contribution is -2.53. The van der Waals surface area contributed by atoms with Gasteiger partial charge in [-0.2, -0.15) is 0 Å². The van der Waals surface area contributed by atoms with E-state index in [9.17, 15) is 9.59 Å². The van der Waals surface area contributed by atoms with Gasteiger partial charge in [-0.3, -0.25) is 19.8 Å². The zero-order valence-corrected chi connectivity index (χ0v) is 14.1. The van der Waals surface area contributed by atoms with Crippen LogP contribution in [0.1, 0.15) is 10.4 Å². The molecule has 1 aromatic heterocycles. The number of thiocarbonyl (C=S) groups is 1. The summed E-state index contributed by atoms with van der Waals surface area (Å²) in [6.45, 7) is 5.86. The molecule has 4 nitrogen and oxygen atoms in total. The van der Waals surface area contributed by atoms with Crippen molar-refractivity contribution in [3.63, 3.8) is 0 Å². The van der Waals surface area contributed by atoms with Crippen molar-refractivity contribution in [2.75, 3.05) is 6.54 Å². The molecule has 1 saturated heterocycles. The van der Waals surface area contributed by atoms with E-state index in [1.165, 1.54) is 4.90 Å². The number of nitrogens with one attached hydrogen (secondary N) is 1. The van der Waals surface area contributed by atoms with Gasteiger partial charge in [0.1, 0.15) is 5.57 Å². The highest BCUT2D eigenvalue weighted by atomic mass is 32.1. The molecule has 1 N–H and O–H groups in total. The molecule has 2 aromatic rings. The molecule has 116 valence electrons. The highest BCUT2D eigenvalue weighted by Crippen LogP contribution is 2.32. The monoisotopic (exact) mass is 342 g/mol. The quantitative estimate of drug-likeness (QED) is 0.404. The van der Waals surface area contributed by atoms with Crippen molar-refractivity contribution in [3.8, 4) is 0 Å². The lowest BCUT2D eigenvalue weighted by molar-refractivity contribution is -0.128. The zero-order valence-electron chi connectivity index (χ0n) is 12.5. The fraction of sp³-hybridized carbons (Fsp3) is 0.118. The van der Waals surface area contributed by atoms with Gasteiger partial charge in [0.05, 0.1) is 0 Å². The molecule has 0 bridgehead atoms. The summed E-state index contributed by atoms with van der Waals surface area (Å²) < 4.78 is 1.12. The lowest BCUT2D eigenvalue weighted by Gasteiger charge is -2.27. The van der Waals surface area contributed by atoms with E-state index in [4.69, 9.17) is 12.2 Å². The molecule has 0 spiro atoms. The summed E-state index contributed by atoms with van der Waals surface area (Å²) >= 11 is 6.60. The van der Waals surface area contributed by atoms with Crippen LogP contribution in [0.25, 0.3) is 16.2 Å². The number of carbonyl (C=O) groups is 2. The van der Waals surface area contributed by atoms with Gasteiger partial charge in [-0.15, -0.1) is 17.9 Å².